The van der Waals surface area contributed by atoms with Gasteiger partial charge < -0.3 is 4.74 Å². The Morgan fingerprint density at radius 1 is 1.32 bits per heavy atom. The molecule has 1 aromatic rings. The van der Waals surface area contributed by atoms with Crippen LogP contribution in [0.15, 0.2) is 18.2 Å². The summed E-state index contributed by atoms with van der Waals surface area (Å²) >= 11 is 0. The lowest BCUT2D eigenvalue weighted by molar-refractivity contribution is -0.0886. The summed E-state index contributed by atoms with van der Waals surface area (Å²) in [6.45, 7) is 3.95. The second-order valence-corrected chi connectivity index (χ2v) is 4.50. The lowest BCUT2D eigenvalue weighted by Crippen LogP contribution is -2.23. The molecule has 0 unspecified atom stereocenters. The van der Waals surface area contributed by atoms with E-state index in [-0.39, 0.29) is 18.3 Å². The molecular formula is C13H14F4O2. The van der Waals surface area contributed by atoms with E-state index in [1.807, 2.05) is 13.8 Å². The molecule has 0 N–H and O–H groups in total. The van der Waals surface area contributed by atoms with Gasteiger partial charge in [0.15, 0.2) is 0 Å². The van der Waals surface area contributed by atoms with Gasteiger partial charge in [0.1, 0.15) is 11.6 Å². The number of rotatable bonds is 5. The molecule has 0 heterocycles. The van der Waals surface area contributed by atoms with Crippen molar-refractivity contribution >= 4 is 5.78 Å². The number of hydrogen-bond acceptors (Lipinski definition) is 2. The predicted octanol–water partition coefficient (Wildman–Crippen LogP) is 4.00. The highest BCUT2D eigenvalue weighted by molar-refractivity contribution is 6.02. The second kappa shape index (κ2) is 6.04. The number of carbonyl (C=O) groups excluding carboxylic acids is 1. The summed E-state index contributed by atoms with van der Waals surface area (Å²) in [7, 11) is 0. The molecule has 106 valence electrons. The SMILES string of the molecule is CC(C)CCOc1cc(F)ccc1C(=O)C(F)(F)F. The fourth-order valence-electron chi connectivity index (χ4n) is 1.36. The Labute approximate surface area is 108 Å². The number of ketones is 1. The van der Waals surface area contributed by atoms with Crippen molar-refractivity contribution < 1.29 is 27.1 Å². The Bertz CT molecular complexity index is 452. The molecule has 0 saturated carbocycles. The van der Waals surface area contributed by atoms with Gasteiger partial charge in [0, 0.05) is 6.07 Å². The molecular weight excluding hydrogens is 264 g/mol. The van der Waals surface area contributed by atoms with E-state index in [2.05, 4.69) is 0 Å². The number of alkyl halides is 3. The molecule has 0 aliphatic heterocycles. The van der Waals surface area contributed by atoms with Crippen LogP contribution in [0.4, 0.5) is 17.6 Å². The molecule has 1 aromatic carbocycles. The van der Waals surface area contributed by atoms with Crippen LogP contribution in [-0.4, -0.2) is 18.6 Å². The lowest BCUT2D eigenvalue weighted by atomic mass is 10.1. The molecule has 0 aliphatic rings. The topological polar surface area (TPSA) is 26.3 Å². The molecule has 0 aliphatic carbocycles. The summed E-state index contributed by atoms with van der Waals surface area (Å²) in [5.74, 6) is -2.87. The highest BCUT2D eigenvalue weighted by Gasteiger charge is 2.40. The van der Waals surface area contributed by atoms with Crippen molar-refractivity contribution in [2.24, 2.45) is 5.92 Å². The number of carbonyl (C=O) groups is 1. The lowest BCUT2D eigenvalue weighted by Gasteiger charge is -2.13. The van der Waals surface area contributed by atoms with Gasteiger partial charge in [-0.3, -0.25) is 4.79 Å². The maximum atomic E-state index is 13.0. The van der Waals surface area contributed by atoms with Crippen LogP contribution in [0.3, 0.4) is 0 Å². The Balaban J connectivity index is 2.95. The average Bonchev–Trinajstić information content (AvgIpc) is 2.26. The summed E-state index contributed by atoms with van der Waals surface area (Å²) in [6.07, 6.45) is -4.41. The number of halogens is 4. The maximum absolute atomic E-state index is 13.0. The molecule has 0 saturated heterocycles. The summed E-state index contributed by atoms with van der Waals surface area (Å²) in [4.78, 5) is 11.2. The molecule has 6 heteroatoms. The zero-order chi connectivity index (χ0) is 14.6. The van der Waals surface area contributed by atoms with Gasteiger partial charge in [0.05, 0.1) is 12.2 Å². The van der Waals surface area contributed by atoms with Crippen LogP contribution >= 0.6 is 0 Å². The Morgan fingerprint density at radius 3 is 2.47 bits per heavy atom. The van der Waals surface area contributed by atoms with Gasteiger partial charge in [-0.2, -0.15) is 13.2 Å². The number of ether oxygens (including phenoxy) is 1. The van der Waals surface area contributed by atoms with Crippen molar-refractivity contribution in [2.45, 2.75) is 26.4 Å². The molecule has 0 radical (unpaired) electrons. The van der Waals surface area contributed by atoms with Crippen LogP contribution in [0.25, 0.3) is 0 Å². The summed E-state index contributed by atoms with van der Waals surface area (Å²) in [5, 5.41) is 0. The monoisotopic (exact) mass is 278 g/mol. The normalized spacial score (nSPS) is 11.7. The summed E-state index contributed by atoms with van der Waals surface area (Å²) in [6, 6.07) is 2.38. The fourth-order valence-corrected chi connectivity index (χ4v) is 1.36. The molecule has 0 spiro atoms. The van der Waals surface area contributed by atoms with Crippen LogP contribution in [0.2, 0.25) is 0 Å². The van der Waals surface area contributed by atoms with Gasteiger partial charge in [0.25, 0.3) is 5.78 Å². The van der Waals surface area contributed by atoms with Crippen LogP contribution in [-0.2, 0) is 0 Å². The third-order valence-electron chi connectivity index (χ3n) is 2.40. The first-order valence-electron chi connectivity index (χ1n) is 5.75. The number of benzene rings is 1. The van der Waals surface area contributed by atoms with E-state index in [0.29, 0.717) is 6.42 Å². The summed E-state index contributed by atoms with van der Waals surface area (Å²) < 4.78 is 55.2. The summed E-state index contributed by atoms with van der Waals surface area (Å²) in [5.41, 5.74) is -0.669. The van der Waals surface area contributed by atoms with Gasteiger partial charge in [-0.25, -0.2) is 4.39 Å². The fraction of sp³-hybridized carbons (Fsp3) is 0.462. The largest absolute Gasteiger partial charge is 0.493 e. The molecule has 0 aromatic heterocycles. The van der Waals surface area contributed by atoms with Crippen molar-refractivity contribution in [2.75, 3.05) is 6.61 Å². The van der Waals surface area contributed by atoms with Crippen LogP contribution in [0.5, 0.6) is 5.75 Å². The van der Waals surface area contributed by atoms with E-state index in [1.54, 1.807) is 0 Å². The van der Waals surface area contributed by atoms with Crippen molar-refractivity contribution in [1.82, 2.24) is 0 Å². The standard InChI is InChI=1S/C13H14F4O2/c1-8(2)5-6-19-11-7-9(14)3-4-10(11)12(18)13(15,16)17/h3-4,7-8H,5-6H2,1-2H3. The first kappa shape index (κ1) is 15.5. The molecule has 0 atom stereocenters. The quantitative estimate of drug-likeness (QED) is 0.601. The zero-order valence-electron chi connectivity index (χ0n) is 10.6. The molecule has 2 nitrogen and oxygen atoms in total. The molecule has 1 rings (SSSR count). The molecule has 0 amide bonds. The Morgan fingerprint density at radius 2 is 1.95 bits per heavy atom. The van der Waals surface area contributed by atoms with E-state index < -0.39 is 23.3 Å². The number of Topliss-reactive ketones (excluding diaryl/α,β-unsaturated/α-hetero) is 1. The molecule has 0 bridgehead atoms. The number of hydrogen-bond donors (Lipinski definition) is 0. The zero-order valence-corrected chi connectivity index (χ0v) is 10.6. The van der Waals surface area contributed by atoms with Crippen LogP contribution < -0.4 is 4.74 Å². The highest BCUT2D eigenvalue weighted by Crippen LogP contribution is 2.28. The minimum atomic E-state index is -5.01. The first-order valence-corrected chi connectivity index (χ1v) is 5.75. The van der Waals surface area contributed by atoms with Gasteiger partial charge in [-0.05, 0) is 24.5 Å². The van der Waals surface area contributed by atoms with E-state index in [1.165, 1.54) is 0 Å². The minimum absolute atomic E-state index is 0.124. The van der Waals surface area contributed by atoms with Crippen molar-refractivity contribution in [3.8, 4) is 5.75 Å². The van der Waals surface area contributed by atoms with E-state index >= 15 is 0 Å². The average molecular weight is 278 g/mol. The van der Waals surface area contributed by atoms with E-state index in [0.717, 1.165) is 18.2 Å². The third-order valence-corrected chi connectivity index (χ3v) is 2.40. The van der Waals surface area contributed by atoms with E-state index in [9.17, 15) is 22.4 Å². The van der Waals surface area contributed by atoms with Crippen molar-refractivity contribution in [1.29, 1.82) is 0 Å². The second-order valence-electron chi connectivity index (χ2n) is 4.50. The van der Waals surface area contributed by atoms with Gasteiger partial charge in [-0.15, -0.1) is 0 Å². The third kappa shape index (κ3) is 4.54. The first-order chi connectivity index (χ1) is 8.71. The van der Waals surface area contributed by atoms with Crippen molar-refractivity contribution in [3.05, 3.63) is 29.6 Å². The smallest absolute Gasteiger partial charge is 0.455 e. The Kier molecular flexibility index (Phi) is 4.91. The highest BCUT2D eigenvalue weighted by atomic mass is 19.4. The molecule has 19 heavy (non-hydrogen) atoms. The van der Waals surface area contributed by atoms with E-state index in [4.69, 9.17) is 4.74 Å². The predicted molar refractivity (Wildman–Crippen MR) is 61.7 cm³/mol. The molecule has 0 fully saturated rings. The van der Waals surface area contributed by atoms with Gasteiger partial charge >= 0.3 is 6.18 Å². The van der Waals surface area contributed by atoms with Crippen LogP contribution in [0, 0.1) is 11.7 Å². The van der Waals surface area contributed by atoms with Crippen LogP contribution in [0.1, 0.15) is 30.6 Å². The van der Waals surface area contributed by atoms with Gasteiger partial charge in [-0.1, -0.05) is 13.8 Å². The van der Waals surface area contributed by atoms with Crippen molar-refractivity contribution in [3.63, 3.8) is 0 Å². The van der Waals surface area contributed by atoms with Gasteiger partial charge in [0.2, 0.25) is 0 Å². The Hall–Kier alpha value is -1.59. The maximum Gasteiger partial charge on any atom is 0.455 e. The minimum Gasteiger partial charge on any atom is -0.493 e.